The molecule has 0 amide bonds. The summed E-state index contributed by atoms with van der Waals surface area (Å²) in [6.07, 6.45) is 4.89. The molecule has 3 heteroatoms. The van der Waals surface area contributed by atoms with Gasteiger partial charge < -0.3 is 10.2 Å². The molecule has 0 atom stereocenters. The third kappa shape index (κ3) is 3.72. The summed E-state index contributed by atoms with van der Waals surface area (Å²) < 4.78 is 13.7. The van der Waals surface area contributed by atoms with Crippen LogP contribution in [0.3, 0.4) is 0 Å². The Bertz CT molecular complexity index is 446. The quantitative estimate of drug-likeness (QED) is 0.897. The molecule has 0 aliphatic heterocycles. The van der Waals surface area contributed by atoms with E-state index in [0.29, 0.717) is 18.0 Å². The number of hydrogen-bond acceptors (Lipinski definition) is 2. The Labute approximate surface area is 122 Å². The maximum atomic E-state index is 13.7. The lowest BCUT2D eigenvalue weighted by molar-refractivity contribution is 0.222. The average Bonchev–Trinajstić information content (AvgIpc) is 2.37. The highest BCUT2D eigenvalue weighted by atomic mass is 19.1. The van der Waals surface area contributed by atoms with E-state index in [1.165, 1.54) is 25.7 Å². The zero-order valence-corrected chi connectivity index (χ0v) is 13.2. The Morgan fingerprint density at radius 1 is 1.25 bits per heavy atom. The largest absolute Gasteiger partial charge is 0.372 e. The molecule has 1 saturated carbocycles. The minimum Gasteiger partial charge on any atom is -0.372 e. The molecule has 0 bridgehead atoms. The van der Waals surface area contributed by atoms with Crippen molar-refractivity contribution in [3.05, 3.63) is 29.6 Å². The normalized spacial score (nSPS) is 19.1. The zero-order valence-electron chi connectivity index (χ0n) is 13.2. The first-order chi connectivity index (χ1) is 9.41. The molecule has 112 valence electrons. The van der Waals surface area contributed by atoms with Crippen LogP contribution < -0.4 is 10.2 Å². The number of anilines is 1. The molecule has 0 radical (unpaired) electrons. The van der Waals surface area contributed by atoms with E-state index in [-0.39, 0.29) is 5.82 Å². The summed E-state index contributed by atoms with van der Waals surface area (Å²) in [5.41, 5.74) is 2.47. The van der Waals surface area contributed by atoms with E-state index < -0.39 is 0 Å². The van der Waals surface area contributed by atoms with Gasteiger partial charge in [0.2, 0.25) is 0 Å². The SMILES string of the molecule is CNCc1cc(F)cc(N(C)C2CCC(C)(C)CC2)c1. The van der Waals surface area contributed by atoms with Gasteiger partial charge in [-0.15, -0.1) is 0 Å². The molecule has 1 aromatic carbocycles. The maximum absolute atomic E-state index is 13.7. The number of nitrogens with zero attached hydrogens (tertiary/aromatic N) is 1. The third-order valence-electron chi connectivity index (χ3n) is 4.59. The monoisotopic (exact) mass is 278 g/mol. The van der Waals surface area contributed by atoms with E-state index in [4.69, 9.17) is 0 Å². The van der Waals surface area contributed by atoms with Crippen molar-refractivity contribution in [2.45, 2.75) is 52.1 Å². The van der Waals surface area contributed by atoms with E-state index in [1.807, 2.05) is 7.05 Å². The zero-order chi connectivity index (χ0) is 14.8. The summed E-state index contributed by atoms with van der Waals surface area (Å²) >= 11 is 0. The molecule has 2 rings (SSSR count). The van der Waals surface area contributed by atoms with Crippen molar-refractivity contribution >= 4 is 5.69 Å². The second-order valence-electron chi connectivity index (χ2n) is 6.85. The van der Waals surface area contributed by atoms with Crippen LogP contribution in [0.4, 0.5) is 10.1 Å². The first kappa shape index (κ1) is 15.3. The van der Waals surface area contributed by atoms with E-state index >= 15 is 0 Å². The molecule has 1 aliphatic carbocycles. The smallest absolute Gasteiger partial charge is 0.125 e. The van der Waals surface area contributed by atoms with Crippen LogP contribution in [0.5, 0.6) is 0 Å². The van der Waals surface area contributed by atoms with Crippen LogP contribution in [-0.2, 0) is 6.54 Å². The molecule has 0 spiro atoms. The minimum atomic E-state index is -0.143. The van der Waals surface area contributed by atoms with Crippen LogP contribution in [0.2, 0.25) is 0 Å². The van der Waals surface area contributed by atoms with Crippen molar-refractivity contribution in [1.29, 1.82) is 0 Å². The van der Waals surface area contributed by atoms with Gasteiger partial charge >= 0.3 is 0 Å². The minimum absolute atomic E-state index is 0.143. The van der Waals surface area contributed by atoms with Gasteiger partial charge in [-0.25, -0.2) is 4.39 Å². The van der Waals surface area contributed by atoms with E-state index in [2.05, 4.69) is 37.2 Å². The van der Waals surface area contributed by atoms with Crippen LogP contribution in [0.15, 0.2) is 18.2 Å². The first-order valence-electron chi connectivity index (χ1n) is 7.58. The molecule has 20 heavy (non-hydrogen) atoms. The van der Waals surface area contributed by atoms with Gasteiger partial charge in [-0.05, 0) is 61.9 Å². The summed E-state index contributed by atoms with van der Waals surface area (Å²) in [6, 6.07) is 5.89. The van der Waals surface area contributed by atoms with Gasteiger partial charge in [-0.2, -0.15) is 0 Å². The predicted molar refractivity (Wildman–Crippen MR) is 83.6 cm³/mol. The Kier molecular flexibility index (Phi) is 4.69. The van der Waals surface area contributed by atoms with Crippen LogP contribution in [-0.4, -0.2) is 20.1 Å². The van der Waals surface area contributed by atoms with Gasteiger partial charge in [0, 0.05) is 25.3 Å². The molecule has 1 aromatic rings. The van der Waals surface area contributed by atoms with Crippen molar-refractivity contribution in [3.63, 3.8) is 0 Å². The molecule has 1 N–H and O–H groups in total. The lowest BCUT2D eigenvalue weighted by Crippen LogP contribution is -2.37. The van der Waals surface area contributed by atoms with Crippen molar-refractivity contribution in [2.24, 2.45) is 5.41 Å². The summed E-state index contributed by atoms with van der Waals surface area (Å²) in [4.78, 5) is 2.26. The third-order valence-corrected chi connectivity index (χ3v) is 4.59. The van der Waals surface area contributed by atoms with Gasteiger partial charge in [-0.1, -0.05) is 13.8 Å². The average molecular weight is 278 g/mol. The number of hydrogen-bond donors (Lipinski definition) is 1. The number of benzene rings is 1. The molecule has 0 saturated heterocycles. The van der Waals surface area contributed by atoms with E-state index in [1.54, 1.807) is 12.1 Å². The first-order valence-corrected chi connectivity index (χ1v) is 7.58. The molecular weight excluding hydrogens is 251 g/mol. The van der Waals surface area contributed by atoms with E-state index in [9.17, 15) is 4.39 Å². The second-order valence-corrected chi connectivity index (χ2v) is 6.85. The molecule has 2 nitrogen and oxygen atoms in total. The second kappa shape index (κ2) is 6.13. The van der Waals surface area contributed by atoms with Gasteiger partial charge in [0.1, 0.15) is 5.82 Å². The lowest BCUT2D eigenvalue weighted by atomic mass is 9.75. The van der Waals surface area contributed by atoms with Crippen molar-refractivity contribution < 1.29 is 4.39 Å². The number of halogens is 1. The van der Waals surface area contributed by atoms with Crippen molar-refractivity contribution in [2.75, 3.05) is 19.0 Å². The predicted octanol–water partition coefficient (Wildman–Crippen LogP) is 3.95. The molecule has 0 heterocycles. The number of nitrogens with one attached hydrogen (secondary N) is 1. The fourth-order valence-electron chi connectivity index (χ4n) is 3.13. The van der Waals surface area contributed by atoms with E-state index in [0.717, 1.165) is 11.3 Å². The van der Waals surface area contributed by atoms with Gasteiger partial charge in [-0.3, -0.25) is 0 Å². The highest BCUT2D eigenvalue weighted by Gasteiger charge is 2.29. The Balaban J connectivity index is 2.11. The summed E-state index contributed by atoms with van der Waals surface area (Å²) in [7, 11) is 3.98. The van der Waals surface area contributed by atoms with Gasteiger partial charge in [0.25, 0.3) is 0 Å². The maximum Gasteiger partial charge on any atom is 0.125 e. The number of rotatable bonds is 4. The summed E-state index contributed by atoms with van der Waals surface area (Å²) in [5, 5.41) is 3.08. The lowest BCUT2D eigenvalue weighted by Gasteiger charge is -2.39. The van der Waals surface area contributed by atoms with Crippen molar-refractivity contribution in [3.8, 4) is 0 Å². The van der Waals surface area contributed by atoms with Crippen LogP contribution in [0.25, 0.3) is 0 Å². The molecule has 0 unspecified atom stereocenters. The fraction of sp³-hybridized carbons (Fsp3) is 0.647. The highest BCUT2D eigenvalue weighted by Crippen LogP contribution is 2.37. The van der Waals surface area contributed by atoms with Crippen LogP contribution in [0.1, 0.15) is 45.1 Å². The highest BCUT2D eigenvalue weighted by molar-refractivity contribution is 5.49. The molecule has 1 fully saturated rings. The molecule has 0 aromatic heterocycles. The van der Waals surface area contributed by atoms with Crippen LogP contribution >= 0.6 is 0 Å². The Morgan fingerprint density at radius 2 is 1.90 bits per heavy atom. The van der Waals surface area contributed by atoms with Gasteiger partial charge in [0.15, 0.2) is 0 Å². The summed E-state index contributed by atoms with van der Waals surface area (Å²) in [5.74, 6) is -0.143. The molecular formula is C17H27FN2. The summed E-state index contributed by atoms with van der Waals surface area (Å²) in [6.45, 7) is 5.39. The fourth-order valence-corrected chi connectivity index (χ4v) is 3.13. The standard InChI is InChI=1S/C17H27FN2/c1-17(2)7-5-15(6-8-17)20(4)16-10-13(12-19-3)9-14(18)11-16/h9-11,15,19H,5-8,12H2,1-4H3. The van der Waals surface area contributed by atoms with Crippen molar-refractivity contribution in [1.82, 2.24) is 5.32 Å². The topological polar surface area (TPSA) is 15.3 Å². The van der Waals surface area contributed by atoms with Gasteiger partial charge in [0.05, 0.1) is 0 Å². The van der Waals surface area contributed by atoms with Crippen LogP contribution in [0, 0.1) is 11.2 Å². The Hall–Kier alpha value is -1.09. The Morgan fingerprint density at radius 3 is 2.50 bits per heavy atom. The molecule has 1 aliphatic rings.